The molecular formula is C14H28O4. The number of hydrogen-bond acceptors (Lipinski definition) is 2. The van der Waals surface area contributed by atoms with Crippen molar-refractivity contribution in [3.63, 3.8) is 0 Å². The number of carboxylic acids is 2. The van der Waals surface area contributed by atoms with Gasteiger partial charge >= 0.3 is 11.9 Å². The molecule has 0 saturated carbocycles. The summed E-state index contributed by atoms with van der Waals surface area (Å²) in [5, 5.41) is 16.5. The van der Waals surface area contributed by atoms with Crippen molar-refractivity contribution in [3.05, 3.63) is 0 Å². The van der Waals surface area contributed by atoms with Crippen molar-refractivity contribution in [2.45, 2.75) is 78.1 Å². The molecule has 0 unspecified atom stereocenters. The van der Waals surface area contributed by atoms with Gasteiger partial charge in [0.25, 0.3) is 0 Å². The van der Waals surface area contributed by atoms with Crippen LogP contribution in [0.25, 0.3) is 0 Å². The molecule has 0 aromatic rings. The van der Waals surface area contributed by atoms with Gasteiger partial charge in [-0.3, -0.25) is 9.59 Å². The van der Waals surface area contributed by atoms with Gasteiger partial charge in [0.1, 0.15) is 0 Å². The summed E-state index contributed by atoms with van der Waals surface area (Å²) < 4.78 is 0. The van der Waals surface area contributed by atoms with E-state index in [4.69, 9.17) is 10.2 Å². The van der Waals surface area contributed by atoms with E-state index < -0.39 is 11.9 Å². The molecule has 0 aromatic heterocycles. The molecule has 0 amide bonds. The standard InChI is InChI=1S/C8H14O4.C6H14/c9-7(10)5-3-1-2-4-6-8(11)12;1-3-5-6-4-2/h1-6H2,(H,9,10)(H,11,12);3-6H2,1-2H3. The number of unbranched alkanes of at least 4 members (excludes halogenated alkanes) is 6. The molecule has 2 N–H and O–H groups in total. The molecule has 0 radical (unpaired) electrons. The lowest BCUT2D eigenvalue weighted by molar-refractivity contribution is -0.138. The minimum Gasteiger partial charge on any atom is -0.481 e. The molecular weight excluding hydrogens is 232 g/mol. The molecule has 0 heterocycles. The van der Waals surface area contributed by atoms with Gasteiger partial charge in [-0.2, -0.15) is 0 Å². The predicted molar refractivity (Wildman–Crippen MR) is 72.8 cm³/mol. The number of carbonyl (C=O) groups is 2. The van der Waals surface area contributed by atoms with Gasteiger partial charge in [0.2, 0.25) is 0 Å². The lowest BCUT2D eigenvalue weighted by Gasteiger charge is -1.96. The third-order valence-electron chi connectivity index (χ3n) is 2.49. The van der Waals surface area contributed by atoms with E-state index in [-0.39, 0.29) is 12.8 Å². The smallest absolute Gasteiger partial charge is 0.303 e. The number of rotatable bonds is 10. The first-order valence-corrected chi connectivity index (χ1v) is 6.98. The zero-order chi connectivity index (χ0) is 14.2. The molecule has 0 spiro atoms. The minimum absolute atomic E-state index is 0.188. The van der Waals surface area contributed by atoms with E-state index in [0.717, 1.165) is 12.8 Å². The maximum absolute atomic E-state index is 10.0. The Bertz CT molecular complexity index is 180. The maximum Gasteiger partial charge on any atom is 0.303 e. The van der Waals surface area contributed by atoms with Gasteiger partial charge in [-0.15, -0.1) is 0 Å². The topological polar surface area (TPSA) is 74.6 Å². The highest BCUT2D eigenvalue weighted by molar-refractivity contribution is 5.66. The van der Waals surface area contributed by atoms with Crippen molar-refractivity contribution in [3.8, 4) is 0 Å². The Morgan fingerprint density at radius 1 is 0.667 bits per heavy atom. The number of aliphatic carboxylic acids is 2. The molecule has 0 rings (SSSR count). The van der Waals surface area contributed by atoms with E-state index in [2.05, 4.69) is 13.8 Å². The third-order valence-corrected chi connectivity index (χ3v) is 2.49. The second kappa shape index (κ2) is 15.9. The van der Waals surface area contributed by atoms with Gasteiger partial charge in [0.05, 0.1) is 0 Å². The summed E-state index contributed by atoms with van der Waals surface area (Å²) in [6, 6.07) is 0. The summed E-state index contributed by atoms with van der Waals surface area (Å²) in [7, 11) is 0. The van der Waals surface area contributed by atoms with Gasteiger partial charge in [-0.1, -0.05) is 52.4 Å². The van der Waals surface area contributed by atoms with Crippen LogP contribution in [0.3, 0.4) is 0 Å². The highest BCUT2D eigenvalue weighted by Crippen LogP contribution is 2.04. The lowest BCUT2D eigenvalue weighted by atomic mass is 10.1. The van der Waals surface area contributed by atoms with Gasteiger partial charge < -0.3 is 10.2 Å². The summed E-state index contributed by atoms with van der Waals surface area (Å²) in [5.74, 6) is -1.57. The van der Waals surface area contributed by atoms with Crippen molar-refractivity contribution in [1.82, 2.24) is 0 Å². The van der Waals surface area contributed by atoms with E-state index in [1.165, 1.54) is 25.7 Å². The Morgan fingerprint density at radius 3 is 1.22 bits per heavy atom. The van der Waals surface area contributed by atoms with Crippen LogP contribution in [0.15, 0.2) is 0 Å². The predicted octanol–water partition coefficient (Wildman–Crippen LogP) is 4.08. The number of hydrogen-bond donors (Lipinski definition) is 2. The van der Waals surface area contributed by atoms with Crippen LogP contribution in [0.5, 0.6) is 0 Å². The Hall–Kier alpha value is -1.06. The first-order valence-electron chi connectivity index (χ1n) is 6.98. The zero-order valence-electron chi connectivity index (χ0n) is 11.8. The highest BCUT2D eigenvalue weighted by Gasteiger charge is 1.98. The van der Waals surface area contributed by atoms with Crippen LogP contribution in [0.2, 0.25) is 0 Å². The number of carboxylic acid groups (broad SMARTS) is 2. The Balaban J connectivity index is 0. The van der Waals surface area contributed by atoms with E-state index in [1.807, 2.05) is 0 Å². The third kappa shape index (κ3) is 24.3. The average Bonchev–Trinajstić information content (AvgIpc) is 2.31. The quantitative estimate of drug-likeness (QED) is 0.580. The fourth-order valence-corrected chi connectivity index (χ4v) is 1.41. The van der Waals surface area contributed by atoms with Crippen LogP contribution >= 0.6 is 0 Å². The fourth-order valence-electron chi connectivity index (χ4n) is 1.41. The van der Waals surface area contributed by atoms with E-state index in [0.29, 0.717) is 12.8 Å². The zero-order valence-corrected chi connectivity index (χ0v) is 11.8. The summed E-state index contributed by atoms with van der Waals surface area (Å²) in [4.78, 5) is 20.1. The summed E-state index contributed by atoms with van der Waals surface area (Å²) in [5.41, 5.74) is 0. The Kier molecular flexibility index (Phi) is 17.1. The summed E-state index contributed by atoms with van der Waals surface area (Å²) in [6.07, 6.45) is 8.82. The SMILES string of the molecule is CCCCCC.O=C(O)CCCCCCC(=O)O. The van der Waals surface area contributed by atoms with Gasteiger partial charge in [0, 0.05) is 12.8 Å². The van der Waals surface area contributed by atoms with Crippen molar-refractivity contribution < 1.29 is 19.8 Å². The fraction of sp³-hybridized carbons (Fsp3) is 0.857. The van der Waals surface area contributed by atoms with Crippen LogP contribution < -0.4 is 0 Å². The van der Waals surface area contributed by atoms with Gasteiger partial charge in [0.15, 0.2) is 0 Å². The minimum atomic E-state index is -0.784. The van der Waals surface area contributed by atoms with Crippen molar-refractivity contribution in [2.75, 3.05) is 0 Å². The molecule has 0 bridgehead atoms. The average molecular weight is 260 g/mol. The van der Waals surface area contributed by atoms with Crippen molar-refractivity contribution >= 4 is 11.9 Å². The van der Waals surface area contributed by atoms with Gasteiger partial charge in [-0.05, 0) is 12.8 Å². The first-order chi connectivity index (χ1) is 8.54. The van der Waals surface area contributed by atoms with Gasteiger partial charge in [-0.25, -0.2) is 0 Å². The normalized spacial score (nSPS) is 9.44. The molecule has 0 aliphatic carbocycles. The Labute approximate surface area is 110 Å². The molecule has 0 fully saturated rings. The molecule has 4 nitrogen and oxygen atoms in total. The van der Waals surface area contributed by atoms with E-state index in [9.17, 15) is 9.59 Å². The second-order valence-corrected chi connectivity index (χ2v) is 4.41. The van der Waals surface area contributed by atoms with Crippen LogP contribution in [0.1, 0.15) is 78.1 Å². The monoisotopic (exact) mass is 260 g/mol. The van der Waals surface area contributed by atoms with Crippen LogP contribution in [0, 0.1) is 0 Å². The molecule has 18 heavy (non-hydrogen) atoms. The second-order valence-electron chi connectivity index (χ2n) is 4.41. The van der Waals surface area contributed by atoms with Crippen LogP contribution in [0.4, 0.5) is 0 Å². The molecule has 0 saturated heterocycles. The van der Waals surface area contributed by atoms with Crippen LogP contribution in [-0.4, -0.2) is 22.2 Å². The summed E-state index contributed by atoms with van der Waals surface area (Å²) in [6.45, 7) is 4.46. The highest BCUT2D eigenvalue weighted by atomic mass is 16.4. The lowest BCUT2D eigenvalue weighted by Crippen LogP contribution is -1.95. The molecule has 0 aromatic carbocycles. The molecule has 0 aliphatic heterocycles. The molecule has 108 valence electrons. The van der Waals surface area contributed by atoms with Crippen LogP contribution in [-0.2, 0) is 9.59 Å². The maximum atomic E-state index is 10.0. The first kappa shape index (κ1) is 19.3. The summed E-state index contributed by atoms with van der Waals surface area (Å²) >= 11 is 0. The van der Waals surface area contributed by atoms with E-state index in [1.54, 1.807) is 0 Å². The Morgan fingerprint density at radius 2 is 1.00 bits per heavy atom. The molecule has 0 atom stereocenters. The largest absolute Gasteiger partial charge is 0.481 e. The van der Waals surface area contributed by atoms with E-state index >= 15 is 0 Å². The van der Waals surface area contributed by atoms with Crippen molar-refractivity contribution in [2.24, 2.45) is 0 Å². The molecule has 0 aliphatic rings. The van der Waals surface area contributed by atoms with Crippen molar-refractivity contribution in [1.29, 1.82) is 0 Å². The molecule has 4 heteroatoms.